The first-order chi connectivity index (χ1) is 16.1. The Labute approximate surface area is 200 Å². The normalized spacial score (nSPS) is 10.9. The molecule has 3 N–H and O–H groups in total. The first-order valence-electron chi connectivity index (χ1n) is 11.1. The number of nitrogens with zero attached hydrogens (tertiary/aromatic N) is 1. The highest BCUT2D eigenvalue weighted by Crippen LogP contribution is 2.42. The number of ether oxygens (including phenoxy) is 1. The third-order valence-corrected chi connectivity index (χ3v) is 5.88. The highest BCUT2D eigenvalue weighted by molar-refractivity contribution is 5.82. The maximum absolute atomic E-state index is 10.2. The van der Waals surface area contributed by atoms with Crippen molar-refractivity contribution >= 4 is 17.1 Å². The van der Waals surface area contributed by atoms with Gasteiger partial charge in [0, 0.05) is 23.1 Å². The van der Waals surface area contributed by atoms with Gasteiger partial charge < -0.3 is 25.0 Å². The largest absolute Gasteiger partial charge is 0.508 e. The first-order valence-corrected chi connectivity index (χ1v) is 11.1. The minimum absolute atomic E-state index is 0.161. The molecule has 0 aliphatic rings. The maximum atomic E-state index is 10.2. The van der Waals surface area contributed by atoms with E-state index in [2.05, 4.69) is 4.90 Å². The molecule has 174 valence electrons. The second kappa shape index (κ2) is 9.02. The molecule has 34 heavy (non-hydrogen) atoms. The van der Waals surface area contributed by atoms with E-state index in [4.69, 9.17) is 4.74 Å². The molecule has 5 heteroatoms. The molecule has 0 heterocycles. The Hall–Kier alpha value is -4.12. The van der Waals surface area contributed by atoms with Crippen LogP contribution in [0, 0.1) is 34.6 Å². The Morgan fingerprint density at radius 3 is 1.59 bits per heavy atom. The van der Waals surface area contributed by atoms with Crippen molar-refractivity contribution in [2.45, 2.75) is 34.6 Å². The van der Waals surface area contributed by atoms with Gasteiger partial charge in [-0.05, 0) is 123 Å². The first kappa shape index (κ1) is 23.1. The zero-order valence-corrected chi connectivity index (χ0v) is 20.0. The highest BCUT2D eigenvalue weighted by Gasteiger charge is 2.19. The van der Waals surface area contributed by atoms with E-state index in [1.165, 1.54) is 0 Å². The Kier molecular flexibility index (Phi) is 6.12. The van der Waals surface area contributed by atoms with Crippen molar-refractivity contribution in [3.8, 4) is 28.7 Å². The zero-order valence-electron chi connectivity index (χ0n) is 20.0. The van der Waals surface area contributed by atoms with Gasteiger partial charge in [0.05, 0.1) is 0 Å². The van der Waals surface area contributed by atoms with Crippen molar-refractivity contribution in [1.29, 1.82) is 0 Å². The van der Waals surface area contributed by atoms with Crippen LogP contribution in [0.2, 0.25) is 0 Å². The molecular weight excluding hydrogens is 426 g/mol. The zero-order chi connectivity index (χ0) is 24.6. The molecule has 0 saturated carbocycles. The van der Waals surface area contributed by atoms with Gasteiger partial charge in [-0.25, -0.2) is 0 Å². The molecule has 0 aliphatic heterocycles. The van der Waals surface area contributed by atoms with Crippen molar-refractivity contribution in [3.05, 3.63) is 94.5 Å². The van der Waals surface area contributed by atoms with Crippen molar-refractivity contribution in [2.75, 3.05) is 4.90 Å². The summed E-state index contributed by atoms with van der Waals surface area (Å²) in [5.41, 5.74) is 7.07. The fraction of sp³-hybridized carbons (Fsp3) is 0.172. The van der Waals surface area contributed by atoms with Gasteiger partial charge in [0.1, 0.15) is 28.7 Å². The third kappa shape index (κ3) is 4.64. The number of hydrogen-bond donors (Lipinski definition) is 3. The predicted molar refractivity (Wildman–Crippen MR) is 136 cm³/mol. The lowest BCUT2D eigenvalue weighted by atomic mass is 10.0. The van der Waals surface area contributed by atoms with E-state index in [-0.39, 0.29) is 17.2 Å². The van der Waals surface area contributed by atoms with Gasteiger partial charge in [0.2, 0.25) is 0 Å². The molecule has 0 spiro atoms. The van der Waals surface area contributed by atoms with Crippen LogP contribution in [0.15, 0.2) is 66.7 Å². The maximum Gasteiger partial charge on any atom is 0.131 e. The smallest absolute Gasteiger partial charge is 0.131 e. The van der Waals surface area contributed by atoms with E-state index in [0.717, 1.165) is 44.9 Å². The average molecular weight is 456 g/mol. The molecule has 4 aromatic carbocycles. The van der Waals surface area contributed by atoms with Crippen LogP contribution in [0.1, 0.15) is 27.8 Å². The molecule has 4 aromatic rings. The number of benzene rings is 4. The topological polar surface area (TPSA) is 73.2 Å². The second-order valence-electron chi connectivity index (χ2n) is 8.79. The number of aryl methyl sites for hydroxylation is 5. The molecule has 0 aromatic heterocycles. The van der Waals surface area contributed by atoms with E-state index >= 15 is 0 Å². The van der Waals surface area contributed by atoms with Gasteiger partial charge in [-0.15, -0.1) is 0 Å². The summed E-state index contributed by atoms with van der Waals surface area (Å²) in [6, 6.07) is 20.3. The lowest BCUT2D eigenvalue weighted by molar-refractivity contribution is 0.454. The minimum atomic E-state index is 0.161. The number of rotatable bonds is 5. The average Bonchev–Trinajstić information content (AvgIpc) is 2.76. The molecule has 5 nitrogen and oxygen atoms in total. The van der Waals surface area contributed by atoms with Crippen molar-refractivity contribution in [2.24, 2.45) is 0 Å². The van der Waals surface area contributed by atoms with E-state index in [1.807, 2.05) is 77.1 Å². The molecule has 0 saturated heterocycles. The number of anilines is 3. The molecule has 0 atom stereocenters. The predicted octanol–water partition coefficient (Wildman–Crippen LogP) is 7.61. The van der Waals surface area contributed by atoms with Crippen molar-refractivity contribution < 1.29 is 20.1 Å². The molecule has 0 fully saturated rings. The quantitative estimate of drug-likeness (QED) is 0.289. The van der Waals surface area contributed by atoms with Crippen molar-refractivity contribution in [3.63, 3.8) is 0 Å². The van der Waals surface area contributed by atoms with Crippen LogP contribution in [-0.2, 0) is 0 Å². The van der Waals surface area contributed by atoms with Crippen LogP contribution in [0.25, 0.3) is 0 Å². The Morgan fingerprint density at radius 2 is 1.09 bits per heavy atom. The molecule has 0 unspecified atom stereocenters. The lowest BCUT2D eigenvalue weighted by Crippen LogP contribution is -2.13. The van der Waals surface area contributed by atoms with E-state index < -0.39 is 0 Å². The fourth-order valence-corrected chi connectivity index (χ4v) is 4.05. The molecular formula is C29H29NO4. The van der Waals surface area contributed by atoms with Gasteiger partial charge in [0.25, 0.3) is 0 Å². The Balaban J connectivity index is 1.80. The van der Waals surface area contributed by atoms with Crippen molar-refractivity contribution in [1.82, 2.24) is 0 Å². The van der Waals surface area contributed by atoms with Crippen LogP contribution in [0.4, 0.5) is 17.1 Å². The third-order valence-electron chi connectivity index (χ3n) is 5.88. The number of phenolic OH excluding ortho intramolecular Hbond substituents is 3. The summed E-state index contributed by atoms with van der Waals surface area (Å²) in [6.45, 7) is 9.58. The number of hydrogen-bond acceptors (Lipinski definition) is 5. The SMILES string of the molecule is Cc1cc(O)cc(Oc2ccc(N(c3cc(C)c(O)cc3C)c3cc(C)c(O)cc3C)cc2)c1. The van der Waals surface area contributed by atoms with Crippen LogP contribution < -0.4 is 9.64 Å². The standard InChI is InChI=1S/C29H29NO4/c1-17-10-23(31)16-25(11-17)34-24-8-6-22(7-9-24)30(26-12-20(4)28(32)14-18(26)2)27-13-21(5)29(33)15-19(27)3/h6-16,31-33H,1-5H3. The van der Waals surface area contributed by atoms with Crippen LogP contribution in [0.5, 0.6) is 28.7 Å². The van der Waals surface area contributed by atoms with Gasteiger partial charge in [-0.2, -0.15) is 0 Å². The summed E-state index contributed by atoms with van der Waals surface area (Å²) in [5.74, 6) is 1.88. The molecule has 0 aliphatic carbocycles. The summed E-state index contributed by atoms with van der Waals surface area (Å²) in [5, 5.41) is 30.3. The lowest BCUT2D eigenvalue weighted by Gasteiger charge is -2.29. The molecule has 0 amide bonds. The van der Waals surface area contributed by atoms with Crippen LogP contribution in [0.3, 0.4) is 0 Å². The summed E-state index contributed by atoms with van der Waals surface area (Å²) in [6.07, 6.45) is 0. The number of aromatic hydroxyl groups is 3. The van der Waals surface area contributed by atoms with Crippen LogP contribution in [-0.4, -0.2) is 15.3 Å². The highest BCUT2D eigenvalue weighted by atomic mass is 16.5. The van der Waals surface area contributed by atoms with Gasteiger partial charge in [-0.1, -0.05) is 0 Å². The van der Waals surface area contributed by atoms with Crippen LogP contribution >= 0.6 is 0 Å². The Bertz CT molecular complexity index is 1280. The molecule has 0 radical (unpaired) electrons. The summed E-state index contributed by atoms with van der Waals surface area (Å²) >= 11 is 0. The monoisotopic (exact) mass is 455 g/mol. The van der Waals surface area contributed by atoms with Gasteiger partial charge in [0.15, 0.2) is 0 Å². The Morgan fingerprint density at radius 1 is 0.559 bits per heavy atom. The number of phenols is 3. The minimum Gasteiger partial charge on any atom is -0.508 e. The summed E-state index contributed by atoms with van der Waals surface area (Å²) < 4.78 is 5.96. The summed E-state index contributed by atoms with van der Waals surface area (Å²) in [4.78, 5) is 2.12. The van der Waals surface area contributed by atoms with E-state index in [9.17, 15) is 15.3 Å². The molecule has 4 rings (SSSR count). The van der Waals surface area contributed by atoms with E-state index in [0.29, 0.717) is 11.5 Å². The van der Waals surface area contributed by atoms with E-state index in [1.54, 1.807) is 24.3 Å². The summed E-state index contributed by atoms with van der Waals surface area (Å²) in [7, 11) is 0. The van der Waals surface area contributed by atoms with Gasteiger partial charge in [-0.3, -0.25) is 0 Å². The molecule has 0 bridgehead atoms. The fourth-order valence-electron chi connectivity index (χ4n) is 4.05. The van der Waals surface area contributed by atoms with Gasteiger partial charge >= 0.3 is 0 Å². The second-order valence-corrected chi connectivity index (χ2v) is 8.79.